The molecule has 0 aliphatic heterocycles. The Bertz CT molecular complexity index is 426. The fraction of sp³-hybridized carbons (Fsp3) is 0.625. The van der Waals surface area contributed by atoms with Crippen LogP contribution in [0.25, 0.3) is 0 Å². The van der Waals surface area contributed by atoms with E-state index in [-0.39, 0.29) is 14.9 Å². The van der Waals surface area contributed by atoms with Crippen LogP contribution in [0.5, 0.6) is 0 Å². The summed E-state index contributed by atoms with van der Waals surface area (Å²) in [5.74, 6) is 1.17. The zero-order chi connectivity index (χ0) is 13.7. The molecule has 0 radical (unpaired) electrons. The van der Waals surface area contributed by atoms with Gasteiger partial charge in [0.25, 0.3) is 0 Å². The predicted molar refractivity (Wildman–Crippen MR) is 95.3 cm³/mol. The Hall–Kier alpha value is -0.740. The second kappa shape index (κ2) is 10.1. The van der Waals surface area contributed by atoms with Crippen molar-refractivity contribution in [1.29, 1.82) is 0 Å². The summed E-state index contributed by atoms with van der Waals surface area (Å²) in [5, 5.41) is 6.63. The number of rotatable bonds is 2. The van der Waals surface area contributed by atoms with Gasteiger partial charge in [0.05, 0.1) is 15.7 Å². The van der Waals surface area contributed by atoms with Gasteiger partial charge in [-0.2, -0.15) is 0 Å². The molecule has 2 nitrogen and oxygen atoms in total. The van der Waals surface area contributed by atoms with Crippen LogP contribution in [0, 0.1) is 13.8 Å². The lowest BCUT2D eigenvalue weighted by atomic mass is 10.2. The minimum absolute atomic E-state index is 0. The van der Waals surface area contributed by atoms with E-state index in [0.717, 1.165) is 5.69 Å². The Morgan fingerprint density at radius 2 is 1.45 bits per heavy atom. The van der Waals surface area contributed by atoms with Gasteiger partial charge in [0.2, 0.25) is 0 Å². The van der Waals surface area contributed by atoms with E-state index >= 15 is 0 Å². The standard InChI is InChI=1S/2C7H11NS.2CH4/c1-5(2)7-4-9-6(3)8-7;1-5(2)7-8-6(3)4-9-7;;/h2*4-5H,1-3H3;2*1H4. The van der Waals surface area contributed by atoms with Gasteiger partial charge in [-0.1, -0.05) is 42.5 Å². The van der Waals surface area contributed by atoms with E-state index in [1.165, 1.54) is 15.7 Å². The highest BCUT2D eigenvalue weighted by atomic mass is 32.1. The maximum absolute atomic E-state index is 4.33. The Morgan fingerprint density at radius 1 is 0.850 bits per heavy atom. The third kappa shape index (κ3) is 7.15. The van der Waals surface area contributed by atoms with Gasteiger partial charge in [0.15, 0.2) is 0 Å². The molecule has 0 saturated carbocycles. The van der Waals surface area contributed by atoms with Crippen LogP contribution in [-0.4, -0.2) is 9.97 Å². The molecule has 0 unspecified atom stereocenters. The SMILES string of the molecule is C.C.Cc1csc(C(C)C)n1.Cc1nc(C(C)C)cs1. The van der Waals surface area contributed by atoms with E-state index in [2.05, 4.69) is 48.4 Å². The number of hydrogen-bond donors (Lipinski definition) is 0. The third-order valence-electron chi connectivity index (χ3n) is 2.36. The van der Waals surface area contributed by atoms with Crippen molar-refractivity contribution >= 4 is 22.7 Å². The zero-order valence-electron chi connectivity index (χ0n) is 12.0. The van der Waals surface area contributed by atoms with Crippen molar-refractivity contribution in [2.75, 3.05) is 0 Å². The van der Waals surface area contributed by atoms with Crippen LogP contribution in [0.4, 0.5) is 0 Å². The minimum atomic E-state index is 0. The highest BCUT2D eigenvalue weighted by Gasteiger charge is 2.01. The first-order valence-corrected chi connectivity index (χ1v) is 8.00. The first-order chi connectivity index (χ1) is 8.40. The molecule has 2 heterocycles. The van der Waals surface area contributed by atoms with Gasteiger partial charge in [0.1, 0.15) is 0 Å². The minimum Gasteiger partial charge on any atom is -0.246 e. The lowest BCUT2D eigenvalue weighted by molar-refractivity contribution is 0.829. The van der Waals surface area contributed by atoms with Crippen LogP contribution in [-0.2, 0) is 0 Å². The van der Waals surface area contributed by atoms with Crippen LogP contribution in [0.1, 0.15) is 75.8 Å². The molecule has 0 fully saturated rings. The van der Waals surface area contributed by atoms with E-state index in [1.54, 1.807) is 22.7 Å². The Morgan fingerprint density at radius 3 is 1.65 bits per heavy atom. The number of aromatic nitrogens is 2. The largest absolute Gasteiger partial charge is 0.246 e. The maximum Gasteiger partial charge on any atom is 0.0953 e. The van der Waals surface area contributed by atoms with Crippen molar-refractivity contribution in [3.63, 3.8) is 0 Å². The highest BCUT2D eigenvalue weighted by Crippen LogP contribution is 2.18. The topological polar surface area (TPSA) is 25.8 Å². The summed E-state index contributed by atoms with van der Waals surface area (Å²) in [5.41, 5.74) is 2.36. The number of thiazole rings is 2. The second-order valence-electron chi connectivity index (χ2n) is 4.93. The fourth-order valence-corrected chi connectivity index (χ4v) is 2.87. The molecule has 116 valence electrons. The van der Waals surface area contributed by atoms with Gasteiger partial charge < -0.3 is 0 Å². The molecule has 0 N–H and O–H groups in total. The summed E-state index contributed by atoms with van der Waals surface area (Å²) < 4.78 is 0. The molecule has 0 aliphatic rings. The average molecular weight is 315 g/mol. The van der Waals surface area contributed by atoms with Gasteiger partial charge in [0, 0.05) is 22.4 Å². The smallest absolute Gasteiger partial charge is 0.0953 e. The van der Waals surface area contributed by atoms with Crippen molar-refractivity contribution in [3.8, 4) is 0 Å². The quantitative estimate of drug-likeness (QED) is 0.639. The number of nitrogens with zero attached hydrogens (tertiary/aromatic N) is 2. The molecule has 2 aromatic rings. The Balaban J connectivity index is 0. The Kier molecular flexibility index (Phi) is 10.8. The van der Waals surface area contributed by atoms with E-state index < -0.39 is 0 Å². The zero-order valence-corrected chi connectivity index (χ0v) is 13.7. The number of hydrogen-bond acceptors (Lipinski definition) is 4. The molecular formula is C16H30N2S2. The van der Waals surface area contributed by atoms with Crippen molar-refractivity contribution in [2.24, 2.45) is 0 Å². The van der Waals surface area contributed by atoms with Crippen LogP contribution in [0.2, 0.25) is 0 Å². The van der Waals surface area contributed by atoms with E-state index in [4.69, 9.17) is 0 Å². The fourth-order valence-electron chi connectivity index (χ4n) is 1.28. The van der Waals surface area contributed by atoms with Crippen molar-refractivity contribution < 1.29 is 0 Å². The molecule has 0 bridgehead atoms. The number of aryl methyl sites for hydroxylation is 2. The van der Waals surface area contributed by atoms with Gasteiger partial charge in [-0.25, -0.2) is 9.97 Å². The molecular weight excluding hydrogens is 284 g/mol. The molecule has 2 rings (SSSR count). The van der Waals surface area contributed by atoms with Gasteiger partial charge in [-0.3, -0.25) is 0 Å². The van der Waals surface area contributed by atoms with Crippen LogP contribution >= 0.6 is 22.7 Å². The highest BCUT2D eigenvalue weighted by molar-refractivity contribution is 7.09. The maximum atomic E-state index is 4.33. The van der Waals surface area contributed by atoms with Crippen molar-refractivity contribution in [2.45, 2.75) is 68.2 Å². The molecule has 0 spiro atoms. The molecule has 0 aromatic carbocycles. The van der Waals surface area contributed by atoms with Crippen molar-refractivity contribution in [1.82, 2.24) is 9.97 Å². The predicted octanol–water partition coefficient (Wildman–Crippen LogP) is 6.42. The summed E-state index contributed by atoms with van der Waals surface area (Å²) in [6, 6.07) is 0. The average Bonchev–Trinajstić information content (AvgIpc) is 2.88. The van der Waals surface area contributed by atoms with E-state index in [9.17, 15) is 0 Å². The third-order valence-corrected chi connectivity index (χ3v) is 4.41. The molecule has 0 atom stereocenters. The van der Waals surface area contributed by atoms with Gasteiger partial charge in [-0.05, 0) is 19.8 Å². The lowest BCUT2D eigenvalue weighted by Crippen LogP contribution is -1.85. The summed E-state index contributed by atoms with van der Waals surface area (Å²) in [6.45, 7) is 12.7. The van der Waals surface area contributed by atoms with Crippen LogP contribution in [0.15, 0.2) is 10.8 Å². The lowest BCUT2D eigenvalue weighted by Gasteiger charge is -1.95. The van der Waals surface area contributed by atoms with E-state index in [1.807, 2.05) is 13.8 Å². The molecule has 0 saturated heterocycles. The van der Waals surface area contributed by atoms with Gasteiger partial charge in [-0.15, -0.1) is 22.7 Å². The molecule has 0 amide bonds. The molecule has 4 heteroatoms. The van der Waals surface area contributed by atoms with Crippen LogP contribution in [0.3, 0.4) is 0 Å². The molecule has 2 aromatic heterocycles. The van der Waals surface area contributed by atoms with E-state index in [0.29, 0.717) is 11.8 Å². The summed E-state index contributed by atoms with van der Waals surface area (Å²) in [7, 11) is 0. The molecule has 0 aliphatic carbocycles. The monoisotopic (exact) mass is 314 g/mol. The first-order valence-electron chi connectivity index (χ1n) is 6.24. The van der Waals surface area contributed by atoms with Crippen LogP contribution < -0.4 is 0 Å². The normalized spacial score (nSPS) is 9.60. The summed E-state index contributed by atoms with van der Waals surface area (Å²) >= 11 is 3.47. The first kappa shape index (κ1) is 21.6. The van der Waals surface area contributed by atoms with Gasteiger partial charge >= 0.3 is 0 Å². The van der Waals surface area contributed by atoms with Crippen molar-refractivity contribution in [3.05, 3.63) is 32.2 Å². The molecule has 20 heavy (non-hydrogen) atoms. The Labute approximate surface area is 133 Å². The summed E-state index contributed by atoms with van der Waals surface area (Å²) in [4.78, 5) is 8.66. The summed E-state index contributed by atoms with van der Waals surface area (Å²) in [6.07, 6.45) is 0. The second-order valence-corrected chi connectivity index (χ2v) is 6.88.